The quantitative estimate of drug-likeness (QED) is 0.162. The molecule has 3 heteroatoms. The van der Waals surface area contributed by atoms with Gasteiger partial charge in [-0.25, -0.2) is 0 Å². The normalized spacial score (nSPS) is 16.1. The Morgan fingerprint density at radius 2 is 1.00 bits per heavy atom. The maximum Gasteiger partial charge on any atom is 0.252 e. The summed E-state index contributed by atoms with van der Waals surface area (Å²) in [5, 5.41) is 0. The van der Waals surface area contributed by atoms with Gasteiger partial charge in [-0.2, -0.15) is 0 Å². The highest BCUT2D eigenvalue weighted by Gasteiger charge is 2.46. The average molecular weight is 915 g/mol. The Morgan fingerprint density at radius 1 is 0.443 bits per heavy atom. The van der Waals surface area contributed by atoms with Crippen molar-refractivity contribution in [1.82, 2.24) is 0 Å². The summed E-state index contributed by atoms with van der Waals surface area (Å²) in [4.78, 5) is 5.27. The summed E-state index contributed by atoms with van der Waals surface area (Å²) in [5.41, 5.74) is 27.6. The molecule has 0 spiro atoms. The van der Waals surface area contributed by atoms with E-state index >= 15 is 0 Å². The molecular formula is C67H71BN2. The Bertz CT molecular complexity index is 3320. The summed E-state index contributed by atoms with van der Waals surface area (Å²) in [6.45, 7) is 33.1. The Labute approximate surface area is 420 Å². The second-order valence-electron chi connectivity index (χ2n) is 25.4. The molecule has 7 aromatic carbocycles. The number of fused-ring (bicyclic) bond motifs is 6. The molecule has 0 saturated heterocycles. The van der Waals surface area contributed by atoms with Gasteiger partial charge in [0, 0.05) is 39.4 Å². The van der Waals surface area contributed by atoms with E-state index in [1.54, 1.807) is 5.57 Å². The largest absolute Gasteiger partial charge is 0.311 e. The van der Waals surface area contributed by atoms with Crippen LogP contribution in [0.25, 0.3) is 22.3 Å². The molecule has 2 heterocycles. The Hall–Kier alpha value is -6.32. The van der Waals surface area contributed by atoms with E-state index < -0.39 is 0 Å². The number of rotatable bonds is 4. The first kappa shape index (κ1) is 46.1. The van der Waals surface area contributed by atoms with Crippen molar-refractivity contribution >= 4 is 68.4 Å². The van der Waals surface area contributed by atoms with Crippen LogP contribution in [0, 0.1) is 0 Å². The van der Waals surface area contributed by atoms with Crippen LogP contribution in [0.2, 0.25) is 0 Å². The number of benzene rings is 7. The third kappa shape index (κ3) is 7.36. The Morgan fingerprint density at radius 3 is 1.66 bits per heavy atom. The van der Waals surface area contributed by atoms with Gasteiger partial charge >= 0.3 is 0 Å². The predicted molar refractivity (Wildman–Crippen MR) is 304 cm³/mol. The van der Waals surface area contributed by atoms with E-state index in [0.717, 1.165) is 12.8 Å². The van der Waals surface area contributed by atoms with Crippen LogP contribution in [-0.2, 0) is 27.1 Å². The molecule has 2 nitrogen and oxygen atoms in total. The molecule has 0 radical (unpaired) electrons. The van der Waals surface area contributed by atoms with E-state index in [-0.39, 0.29) is 33.8 Å². The molecule has 0 fully saturated rings. The fourth-order valence-corrected chi connectivity index (χ4v) is 12.1. The number of hydrogen-bond donors (Lipinski definition) is 0. The molecule has 0 N–H and O–H groups in total. The van der Waals surface area contributed by atoms with Crippen molar-refractivity contribution < 1.29 is 0 Å². The summed E-state index contributed by atoms with van der Waals surface area (Å²) in [6.07, 6.45) is 4.68. The Kier molecular flexibility index (Phi) is 10.4. The van der Waals surface area contributed by atoms with E-state index in [1.165, 1.54) is 112 Å². The molecule has 0 unspecified atom stereocenters. The fraction of sp³-hybridized carbons (Fsp3) is 0.313. The zero-order valence-electron chi connectivity index (χ0n) is 44.3. The van der Waals surface area contributed by atoms with E-state index in [9.17, 15) is 0 Å². The molecule has 0 bridgehead atoms. The van der Waals surface area contributed by atoms with Gasteiger partial charge in [0.2, 0.25) is 0 Å². The SMILES string of the molecule is CC(C)(C)c1ccc2c(c1)B1c3ccc(C(C)(C)C)cc3N(c3ccc(C(C)(C)C)cc3-c3ccccc3)c3cc(C(C)(C)C)cc(c31)N2c1ccc(C2=CCCC3=C2c2ccccc2C3(C)C)cc1. The molecule has 4 aliphatic rings. The van der Waals surface area contributed by atoms with Crippen LogP contribution in [0.4, 0.5) is 34.1 Å². The number of anilines is 6. The van der Waals surface area contributed by atoms with Crippen molar-refractivity contribution in [1.29, 1.82) is 0 Å². The third-order valence-corrected chi connectivity index (χ3v) is 16.2. The average Bonchev–Trinajstić information content (AvgIpc) is 3.55. The van der Waals surface area contributed by atoms with Gasteiger partial charge < -0.3 is 9.80 Å². The lowest BCUT2D eigenvalue weighted by Gasteiger charge is -2.46. The van der Waals surface area contributed by atoms with Crippen LogP contribution < -0.4 is 26.2 Å². The first-order chi connectivity index (χ1) is 33.0. The van der Waals surface area contributed by atoms with Crippen molar-refractivity contribution in [2.75, 3.05) is 9.80 Å². The fourth-order valence-electron chi connectivity index (χ4n) is 12.1. The molecule has 0 atom stereocenters. The molecule has 0 saturated carbocycles. The smallest absolute Gasteiger partial charge is 0.252 e. The van der Waals surface area contributed by atoms with E-state index in [4.69, 9.17) is 0 Å². The van der Waals surface area contributed by atoms with Crippen LogP contribution in [-0.4, -0.2) is 6.71 Å². The highest BCUT2D eigenvalue weighted by molar-refractivity contribution is 7.00. The van der Waals surface area contributed by atoms with Crippen molar-refractivity contribution in [3.05, 3.63) is 196 Å². The van der Waals surface area contributed by atoms with Crippen molar-refractivity contribution in [3.63, 3.8) is 0 Å². The van der Waals surface area contributed by atoms with E-state index in [0.29, 0.717) is 0 Å². The van der Waals surface area contributed by atoms with Gasteiger partial charge in [0.05, 0.1) is 5.69 Å². The third-order valence-electron chi connectivity index (χ3n) is 16.2. The Balaban J connectivity index is 1.19. The van der Waals surface area contributed by atoms with Crippen molar-refractivity contribution in [2.24, 2.45) is 0 Å². The summed E-state index contributed by atoms with van der Waals surface area (Å²) in [5.74, 6) is 0. The van der Waals surface area contributed by atoms with Gasteiger partial charge in [-0.3, -0.25) is 0 Å². The summed E-state index contributed by atoms with van der Waals surface area (Å²) < 4.78 is 0. The van der Waals surface area contributed by atoms with Crippen LogP contribution in [0.1, 0.15) is 149 Å². The molecule has 352 valence electrons. The minimum atomic E-state index is -0.130. The lowest BCUT2D eigenvalue weighted by molar-refractivity contribution is 0.589. The molecule has 11 rings (SSSR count). The van der Waals surface area contributed by atoms with Gasteiger partial charge in [-0.15, -0.1) is 0 Å². The maximum atomic E-state index is 2.66. The highest BCUT2D eigenvalue weighted by atomic mass is 15.2. The van der Waals surface area contributed by atoms with E-state index in [2.05, 4.69) is 258 Å². The number of hydrogen-bond acceptors (Lipinski definition) is 2. The van der Waals surface area contributed by atoms with Gasteiger partial charge in [0.15, 0.2) is 0 Å². The second kappa shape index (κ2) is 15.8. The summed E-state index contributed by atoms with van der Waals surface area (Å²) >= 11 is 0. The van der Waals surface area contributed by atoms with Crippen LogP contribution in [0.15, 0.2) is 157 Å². The topological polar surface area (TPSA) is 6.48 Å². The second-order valence-corrected chi connectivity index (χ2v) is 25.4. The number of nitrogens with zero attached hydrogens (tertiary/aromatic N) is 2. The minimum Gasteiger partial charge on any atom is -0.311 e. The lowest BCUT2D eigenvalue weighted by atomic mass is 9.33. The monoisotopic (exact) mass is 915 g/mol. The minimum absolute atomic E-state index is 0.0182. The molecule has 70 heavy (non-hydrogen) atoms. The van der Waals surface area contributed by atoms with Crippen LogP contribution >= 0.6 is 0 Å². The van der Waals surface area contributed by atoms with Crippen LogP contribution in [0.5, 0.6) is 0 Å². The highest BCUT2D eigenvalue weighted by Crippen LogP contribution is 2.55. The van der Waals surface area contributed by atoms with Gasteiger partial charge in [-0.1, -0.05) is 206 Å². The molecular weight excluding hydrogens is 844 g/mol. The molecule has 0 amide bonds. The molecule has 7 aromatic rings. The van der Waals surface area contributed by atoms with Gasteiger partial charge in [-0.05, 0) is 155 Å². The number of allylic oxidation sites excluding steroid dienone is 4. The lowest BCUT2D eigenvalue weighted by Crippen LogP contribution is -2.61. The molecule has 0 aromatic heterocycles. The standard InChI is InChI=1S/C67H71BN2/c1-63(2,3)44-30-35-56(51(37-44)42-21-16-15-17-22-42)70-58-39-46(65(7,8)9)29-34-54(58)68-55-38-45(64(4,5)6)31-36-57(55)69(59-40-47(66(10,11)12)41-60(70)62(59)68)48-32-27-43(28-33-48)49-24-20-26-53-61(49)50-23-18-19-25-52(50)67(53,13)14/h15-19,21-25,27-41H,20,26H2,1-14H3. The van der Waals surface area contributed by atoms with Gasteiger partial charge in [0.25, 0.3) is 6.71 Å². The first-order valence-corrected chi connectivity index (χ1v) is 25.9. The van der Waals surface area contributed by atoms with Crippen molar-refractivity contribution in [3.8, 4) is 11.1 Å². The molecule has 2 aliphatic heterocycles. The summed E-state index contributed by atoms with van der Waals surface area (Å²) in [7, 11) is 0. The zero-order valence-corrected chi connectivity index (χ0v) is 44.3. The predicted octanol–water partition coefficient (Wildman–Crippen LogP) is 16.5. The van der Waals surface area contributed by atoms with Crippen LogP contribution in [0.3, 0.4) is 0 Å². The van der Waals surface area contributed by atoms with Gasteiger partial charge in [0.1, 0.15) is 0 Å². The zero-order chi connectivity index (χ0) is 49.4. The first-order valence-electron chi connectivity index (χ1n) is 25.9. The van der Waals surface area contributed by atoms with Crippen molar-refractivity contribution in [2.45, 2.75) is 137 Å². The molecule has 2 aliphatic carbocycles. The van der Waals surface area contributed by atoms with E-state index in [1.807, 2.05) is 0 Å². The summed E-state index contributed by atoms with van der Waals surface area (Å²) in [6, 6.07) is 56.9. The maximum absolute atomic E-state index is 2.66.